The Morgan fingerprint density at radius 1 is 0.966 bits per heavy atom. The molecule has 0 saturated carbocycles. The maximum absolute atomic E-state index is 12.4. The van der Waals surface area contributed by atoms with Gasteiger partial charge in [-0.05, 0) is 55.0 Å². The van der Waals surface area contributed by atoms with Gasteiger partial charge in [0.15, 0.2) is 0 Å². The molecule has 0 fully saturated rings. The number of amides is 1. The number of nitrogens with one attached hydrogen (secondary N) is 2. The summed E-state index contributed by atoms with van der Waals surface area (Å²) < 4.78 is 5.48. The van der Waals surface area contributed by atoms with E-state index in [1.165, 1.54) is 0 Å². The lowest BCUT2D eigenvalue weighted by atomic mass is 10.1. The van der Waals surface area contributed by atoms with Crippen molar-refractivity contribution in [3.05, 3.63) is 102 Å². The van der Waals surface area contributed by atoms with Gasteiger partial charge in [-0.3, -0.25) is 4.79 Å². The first-order chi connectivity index (χ1) is 14.2. The lowest BCUT2D eigenvalue weighted by molar-refractivity contribution is 0.0948. The number of benzene rings is 2. The van der Waals surface area contributed by atoms with Crippen LogP contribution < -0.4 is 10.6 Å². The maximum Gasteiger partial charge on any atom is 0.251 e. The molecular formula is C24H25N3O2. The van der Waals surface area contributed by atoms with Crippen molar-refractivity contribution in [3.8, 4) is 11.1 Å². The Morgan fingerprint density at radius 2 is 1.83 bits per heavy atom. The molecule has 0 atom stereocenters. The van der Waals surface area contributed by atoms with Crippen molar-refractivity contribution in [1.82, 2.24) is 10.3 Å². The zero-order chi connectivity index (χ0) is 20.1. The van der Waals surface area contributed by atoms with Gasteiger partial charge < -0.3 is 15.1 Å². The molecule has 5 heteroatoms. The third-order valence-electron chi connectivity index (χ3n) is 4.49. The highest BCUT2D eigenvalue weighted by Crippen LogP contribution is 2.21. The molecule has 4 rings (SSSR count). The average Bonchev–Trinajstić information content (AvgIpc) is 3.18. The van der Waals surface area contributed by atoms with Crippen molar-refractivity contribution in [2.75, 3.05) is 5.32 Å². The number of carbonyl (C=O) groups excluding carboxylic acids is 1. The number of furan rings is 1. The van der Waals surface area contributed by atoms with Crippen molar-refractivity contribution in [3.63, 3.8) is 0 Å². The predicted molar refractivity (Wildman–Crippen MR) is 118 cm³/mol. The van der Waals surface area contributed by atoms with Gasteiger partial charge in [-0.1, -0.05) is 36.4 Å². The molecule has 2 heterocycles. The molecule has 0 spiro atoms. The molecule has 0 aliphatic carbocycles. The molecule has 4 aromatic rings. The lowest BCUT2D eigenvalue weighted by Crippen LogP contribution is -2.22. The van der Waals surface area contributed by atoms with Crippen LogP contribution in [0, 0.1) is 6.92 Å². The van der Waals surface area contributed by atoms with Crippen molar-refractivity contribution < 1.29 is 12.1 Å². The minimum absolute atomic E-state index is 0. The van der Waals surface area contributed by atoms with E-state index in [1.54, 1.807) is 12.1 Å². The van der Waals surface area contributed by atoms with Gasteiger partial charge in [0, 0.05) is 25.9 Å². The molecule has 2 aromatic carbocycles. The minimum atomic E-state index is -0.157. The van der Waals surface area contributed by atoms with E-state index in [2.05, 4.69) is 27.8 Å². The number of aromatic nitrogens is 1. The second-order valence-electron chi connectivity index (χ2n) is 6.70. The number of pyridine rings is 1. The molecular weight excluding hydrogens is 362 g/mol. The fourth-order valence-electron chi connectivity index (χ4n) is 3.00. The fraction of sp³-hybridized carbons (Fsp3) is 0.0833. The van der Waals surface area contributed by atoms with E-state index >= 15 is 0 Å². The first-order valence-corrected chi connectivity index (χ1v) is 9.39. The van der Waals surface area contributed by atoms with Crippen molar-refractivity contribution in [2.45, 2.75) is 13.5 Å². The topological polar surface area (TPSA) is 67.2 Å². The molecule has 0 aliphatic heterocycles. The molecule has 1 amide bonds. The highest BCUT2D eigenvalue weighted by molar-refractivity contribution is 5.95. The summed E-state index contributed by atoms with van der Waals surface area (Å²) >= 11 is 0. The zero-order valence-corrected chi connectivity index (χ0v) is 16.1. The first kappa shape index (κ1) is 18.5. The van der Waals surface area contributed by atoms with Crippen LogP contribution in [-0.2, 0) is 6.54 Å². The molecule has 0 saturated heterocycles. The predicted octanol–water partition coefficient (Wildman–Crippen LogP) is 5.82. The van der Waals surface area contributed by atoms with Crippen molar-refractivity contribution in [1.29, 1.82) is 0 Å². The zero-order valence-electron chi connectivity index (χ0n) is 16.1. The highest BCUT2D eigenvalue weighted by Gasteiger charge is 2.08. The lowest BCUT2D eigenvalue weighted by Gasteiger charge is -2.09. The van der Waals surface area contributed by atoms with Gasteiger partial charge in [0.05, 0.1) is 6.54 Å². The summed E-state index contributed by atoms with van der Waals surface area (Å²) in [5.74, 6) is 2.11. The number of aryl methyl sites for hydroxylation is 1. The van der Waals surface area contributed by atoms with Crippen LogP contribution in [0.1, 0.15) is 24.7 Å². The van der Waals surface area contributed by atoms with Crippen LogP contribution in [-0.4, -0.2) is 10.9 Å². The Hall–Kier alpha value is -3.86. The fourth-order valence-corrected chi connectivity index (χ4v) is 3.00. The van der Waals surface area contributed by atoms with Crippen LogP contribution in [0.3, 0.4) is 0 Å². The second kappa shape index (κ2) is 8.44. The number of anilines is 2. The normalized spacial score (nSPS) is 10.5. The van der Waals surface area contributed by atoms with Gasteiger partial charge in [-0.2, -0.15) is 0 Å². The van der Waals surface area contributed by atoms with Gasteiger partial charge in [-0.15, -0.1) is 0 Å². The van der Waals surface area contributed by atoms with Crippen LogP contribution >= 0.6 is 0 Å². The van der Waals surface area contributed by atoms with Crippen LogP contribution in [0.4, 0.5) is 11.5 Å². The number of carbonyl (C=O) groups is 1. The Morgan fingerprint density at radius 3 is 2.55 bits per heavy atom. The molecule has 0 radical (unpaired) electrons. The average molecular weight is 387 g/mol. The van der Waals surface area contributed by atoms with Crippen LogP contribution in [0.25, 0.3) is 11.1 Å². The Kier molecular flexibility index (Phi) is 5.38. The summed E-state index contributed by atoms with van der Waals surface area (Å²) in [6, 6.07) is 25.1. The van der Waals surface area contributed by atoms with Gasteiger partial charge in [0.2, 0.25) is 0 Å². The summed E-state index contributed by atoms with van der Waals surface area (Å²) in [5, 5.41) is 6.11. The quantitative estimate of drug-likeness (QED) is 0.438. The monoisotopic (exact) mass is 387 g/mol. The van der Waals surface area contributed by atoms with Crippen molar-refractivity contribution >= 4 is 17.4 Å². The Labute approximate surface area is 172 Å². The van der Waals surface area contributed by atoms with E-state index in [1.807, 2.05) is 67.7 Å². The van der Waals surface area contributed by atoms with E-state index in [0.29, 0.717) is 17.9 Å². The largest absolute Gasteiger partial charge is 0.465 e. The molecule has 29 heavy (non-hydrogen) atoms. The van der Waals surface area contributed by atoms with E-state index in [0.717, 1.165) is 28.3 Å². The molecule has 0 bridgehead atoms. The maximum atomic E-state index is 12.4. The minimum Gasteiger partial charge on any atom is -0.465 e. The summed E-state index contributed by atoms with van der Waals surface area (Å²) in [5.41, 5.74) is 3.54. The van der Waals surface area contributed by atoms with Crippen LogP contribution in [0.15, 0.2) is 89.5 Å². The first-order valence-electron chi connectivity index (χ1n) is 9.39. The van der Waals surface area contributed by atoms with E-state index in [9.17, 15) is 4.79 Å². The van der Waals surface area contributed by atoms with Crippen molar-refractivity contribution in [2.24, 2.45) is 0 Å². The van der Waals surface area contributed by atoms with Gasteiger partial charge in [-0.25, -0.2) is 4.98 Å². The standard InChI is InChI=1S/C24H21N3O2.2H2/c1-17-10-12-22(29-17)16-26-24(28)19-8-5-9-21(14-19)27-23-13-11-20(15-25-23)18-6-3-2-4-7-18;;/h2-15H,16H2,1H3,(H,25,27)(H,26,28);2*1H. The van der Waals surface area contributed by atoms with Crippen LogP contribution in [0.5, 0.6) is 0 Å². The molecule has 2 N–H and O–H groups in total. The highest BCUT2D eigenvalue weighted by atomic mass is 16.3. The molecule has 0 unspecified atom stereocenters. The van der Waals surface area contributed by atoms with Crippen LogP contribution in [0.2, 0.25) is 0 Å². The summed E-state index contributed by atoms with van der Waals surface area (Å²) in [4.78, 5) is 16.9. The second-order valence-corrected chi connectivity index (χ2v) is 6.70. The SMILES string of the molecule is Cc1ccc(CNC(=O)c2cccc(Nc3ccc(-c4ccccc4)cn3)c2)o1.[HH].[HH]. The summed E-state index contributed by atoms with van der Waals surface area (Å²) in [6.07, 6.45) is 1.83. The number of hydrogen-bond donors (Lipinski definition) is 2. The summed E-state index contributed by atoms with van der Waals surface area (Å²) in [7, 11) is 0. The van der Waals surface area contributed by atoms with E-state index in [-0.39, 0.29) is 8.76 Å². The van der Waals surface area contributed by atoms with E-state index in [4.69, 9.17) is 4.42 Å². The Balaban J connectivity index is 0.00000171. The van der Waals surface area contributed by atoms with Gasteiger partial charge in [0.1, 0.15) is 17.3 Å². The Bertz CT molecular complexity index is 1110. The van der Waals surface area contributed by atoms with E-state index < -0.39 is 0 Å². The smallest absolute Gasteiger partial charge is 0.251 e. The molecule has 148 valence electrons. The van der Waals surface area contributed by atoms with Gasteiger partial charge in [0.25, 0.3) is 5.91 Å². The third kappa shape index (κ3) is 4.71. The third-order valence-corrected chi connectivity index (χ3v) is 4.49. The number of rotatable bonds is 6. The summed E-state index contributed by atoms with van der Waals surface area (Å²) in [6.45, 7) is 2.23. The number of nitrogens with zero attached hydrogens (tertiary/aromatic N) is 1. The molecule has 0 aliphatic rings. The number of hydrogen-bond acceptors (Lipinski definition) is 4. The molecule has 2 aromatic heterocycles. The molecule has 5 nitrogen and oxygen atoms in total. The van der Waals surface area contributed by atoms with Gasteiger partial charge >= 0.3 is 0 Å².